The molecule has 0 aromatic carbocycles. The quantitative estimate of drug-likeness (QED) is 0.459. The van der Waals surface area contributed by atoms with E-state index in [0.29, 0.717) is 11.2 Å². The molecule has 0 bridgehead atoms. The smallest absolute Gasteiger partial charge is 0.169 e. The van der Waals surface area contributed by atoms with Gasteiger partial charge in [-0.05, 0) is 0 Å². The van der Waals surface area contributed by atoms with E-state index in [9.17, 15) is 10.2 Å². The second kappa shape index (κ2) is 5.50. The lowest BCUT2D eigenvalue weighted by Gasteiger charge is -2.19. The predicted octanol–water partition coefficient (Wildman–Crippen LogP) is -1.39. The zero-order chi connectivity index (χ0) is 15.0. The Hall–Kier alpha value is -1.85. The highest BCUT2D eigenvalue weighted by atomic mass is 17.2. The van der Waals surface area contributed by atoms with Crippen molar-refractivity contribution in [3.8, 4) is 0 Å². The topological polar surface area (TPSA) is 138 Å². The number of anilines is 1. The maximum Gasteiger partial charge on any atom is 0.169 e. The molecule has 3 rings (SSSR count). The summed E-state index contributed by atoms with van der Waals surface area (Å²) in [4.78, 5) is 21.8. The van der Waals surface area contributed by atoms with E-state index < -0.39 is 24.5 Å². The summed E-state index contributed by atoms with van der Waals surface area (Å²) in [5, 5.41) is 19.3. The SMILES string of the molecule is COO[C@@H]1[C@H](O)[C@@H](CO)O[C@H]1n1cnc2c(N)ncnc21. The number of nitrogens with zero attached hydrogens (tertiary/aromatic N) is 4. The number of hydrogen-bond acceptors (Lipinski definition) is 9. The third-order valence-electron chi connectivity index (χ3n) is 3.36. The fraction of sp³-hybridized carbons (Fsp3) is 0.545. The highest BCUT2D eigenvalue weighted by Gasteiger charge is 2.46. The minimum atomic E-state index is -1.06. The average Bonchev–Trinajstić information content (AvgIpc) is 3.03. The molecule has 1 fully saturated rings. The van der Waals surface area contributed by atoms with Gasteiger partial charge in [-0.1, -0.05) is 0 Å². The van der Waals surface area contributed by atoms with Gasteiger partial charge < -0.3 is 20.7 Å². The van der Waals surface area contributed by atoms with Crippen molar-refractivity contribution in [2.24, 2.45) is 0 Å². The standard InChI is InChI=1S/C11H15N5O5/c1-19-21-8-7(18)5(2-17)20-11(8)16-4-15-6-9(12)13-3-14-10(6)16/h3-5,7-8,11,17-18H,2H2,1H3,(H2,12,13,14)/t5-,7-,8-,11-/m1/s1. The van der Waals surface area contributed by atoms with Crippen LogP contribution in [0.15, 0.2) is 12.7 Å². The van der Waals surface area contributed by atoms with Crippen molar-refractivity contribution in [2.75, 3.05) is 19.5 Å². The molecule has 0 unspecified atom stereocenters. The molecule has 0 radical (unpaired) electrons. The lowest BCUT2D eigenvalue weighted by Crippen LogP contribution is -2.35. The molecular weight excluding hydrogens is 282 g/mol. The van der Waals surface area contributed by atoms with E-state index in [2.05, 4.69) is 19.8 Å². The number of nitrogen functional groups attached to an aromatic ring is 1. The normalized spacial score (nSPS) is 29.3. The lowest BCUT2D eigenvalue weighted by atomic mass is 10.1. The molecule has 1 aliphatic rings. The Morgan fingerprint density at radius 2 is 2.24 bits per heavy atom. The van der Waals surface area contributed by atoms with Crippen LogP contribution in [-0.4, -0.2) is 61.8 Å². The average molecular weight is 297 g/mol. The van der Waals surface area contributed by atoms with Crippen LogP contribution in [0.5, 0.6) is 0 Å². The Bertz CT molecular complexity index is 634. The minimum absolute atomic E-state index is 0.236. The maximum atomic E-state index is 10.1. The Kier molecular flexibility index (Phi) is 3.69. The molecule has 1 aliphatic heterocycles. The van der Waals surface area contributed by atoms with Gasteiger partial charge in [-0.15, -0.1) is 0 Å². The molecule has 10 nitrogen and oxygen atoms in total. The molecule has 3 heterocycles. The molecule has 2 aromatic rings. The van der Waals surface area contributed by atoms with E-state index in [4.69, 9.17) is 15.4 Å². The predicted molar refractivity (Wildman–Crippen MR) is 68.6 cm³/mol. The summed E-state index contributed by atoms with van der Waals surface area (Å²) in [6.07, 6.45) is -0.712. The van der Waals surface area contributed by atoms with Crippen molar-refractivity contribution >= 4 is 17.0 Å². The Morgan fingerprint density at radius 3 is 2.95 bits per heavy atom. The van der Waals surface area contributed by atoms with Crippen LogP contribution in [0.2, 0.25) is 0 Å². The van der Waals surface area contributed by atoms with Crippen LogP contribution in [-0.2, 0) is 14.5 Å². The molecule has 21 heavy (non-hydrogen) atoms. The van der Waals surface area contributed by atoms with Crippen molar-refractivity contribution in [1.29, 1.82) is 0 Å². The first-order valence-corrected chi connectivity index (χ1v) is 6.24. The van der Waals surface area contributed by atoms with Gasteiger partial charge in [-0.3, -0.25) is 4.57 Å². The van der Waals surface area contributed by atoms with E-state index in [0.717, 1.165) is 0 Å². The largest absolute Gasteiger partial charge is 0.394 e. The van der Waals surface area contributed by atoms with Gasteiger partial charge in [0.15, 0.2) is 23.8 Å². The van der Waals surface area contributed by atoms with E-state index in [1.54, 1.807) is 4.57 Å². The van der Waals surface area contributed by atoms with Crippen LogP contribution in [0.3, 0.4) is 0 Å². The number of nitrogens with two attached hydrogens (primary N) is 1. The first-order chi connectivity index (χ1) is 10.2. The Balaban J connectivity index is 2.02. The van der Waals surface area contributed by atoms with Crippen LogP contribution in [0.25, 0.3) is 11.2 Å². The molecule has 0 amide bonds. The third kappa shape index (κ3) is 2.22. The summed E-state index contributed by atoms with van der Waals surface area (Å²) < 4.78 is 7.15. The van der Waals surface area contributed by atoms with Gasteiger partial charge in [0.25, 0.3) is 0 Å². The fourth-order valence-corrected chi connectivity index (χ4v) is 2.36. The summed E-state index contributed by atoms with van der Waals surface area (Å²) in [7, 11) is 1.32. The number of fused-ring (bicyclic) bond motifs is 1. The summed E-state index contributed by atoms with van der Waals surface area (Å²) in [5.41, 5.74) is 6.58. The van der Waals surface area contributed by atoms with E-state index in [-0.39, 0.29) is 12.4 Å². The lowest BCUT2D eigenvalue weighted by molar-refractivity contribution is -0.327. The maximum absolute atomic E-state index is 10.1. The Labute approximate surface area is 119 Å². The van der Waals surface area contributed by atoms with Crippen LogP contribution in [0, 0.1) is 0 Å². The van der Waals surface area contributed by atoms with Gasteiger partial charge in [-0.2, -0.15) is 0 Å². The second-order valence-electron chi connectivity index (χ2n) is 4.55. The van der Waals surface area contributed by atoms with Gasteiger partial charge in [0, 0.05) is 0 Å². The fourth-order valence-electron chi connectivity index (χ4n) is 2.36. The zero-order valence-electron chi connectivity index (χ0n) is 11.2. The monoisotopic (exact) mass is 297 g/mol. The van der Waals surface area contributed by atoms with Crippen molar-refractivity contribution in [1.82, 2.24) is 19.5 Å². The van der Waals surface area contributed by atoms with Crippen molar-refractivity contribution in [3.63, 3.8) is 0 Å². The van der Waals surface area contributed by atoms with Crippen LogP contribution in [0.1, 0.15) is 6.23 Å². The molecule has 0 saturated carbocycles. The first kappa shape index (κ1) is 14.1. The molecule has 1 saturated heterocycles. The van der Waals surface area contributed by atoms with Crippen molar-refractivity contribution < 1.29 is 24.7 Å². The molecule has 0 aliphatic carbocycles. The number of aliphatic hydroxyl groups excluding tert-OH is 2. The van der Waals surface area contributed by atoms with E-state index in [1.807, 2.05) is 0 Å². The first-order valence-electron chi connectivity index (χ1n) is 6.24. The van der Waals surface area contributed by atoms with E-state index >= 15 is 0 Å². The molecule has 114 valence electrons. The highest BCUT2D eigenvalue weighted by Crippen LogP contribution is 2.33. The van der Waals surface area contributed by atoms with Crippen molar-refractivity contribution in [3.05, 3.63) is 12.7 Å². The minimum Gasteiger partial charge on any atom is -0.394 e. The van der Waals surface area contributed by atoms with Crippen LogP contribution in [0.4, 0.5) is 5.82 Å². The molecule has 0 spiro atoms. The number of hydrogen-bond donors (Lipinski definition) is 3. The van der Waals surface area contributed by atoms with Gasteiger partial charge in [-0.25, -0.2) is 24.7 Å². The molecule has 2 aromatic heterocycles. The van der Waals surface area contributed by atoms with Gasteiger partial charge in [0.05, 0.1) is 20.0 Å². The van der Waals surface area contributed by atoms with Crippen LogP contribution < -0.4 is 5.73 Å². The van der Waals surface area contributed by atoms with E-state index in [1.165, 1.54) is 19.8 Å². The Morgan fingerprint density at radius 1 is 1.43 bits per heavy atom. The van der Waals surface area contributed by atoms with Gasteiger partial charge in [0.2, 0.25) is 0 Å². The molecular formula is C11H15N5O5. The zero-order valence-corrected chi connectivity index (χ0v) is 11.2. The van der Waals surface area contributed by atoms with Gasteiger partial charge >= 0.3 is 0 Å². The molecule has 10 heteroatoms. The number of rotatable bonds is 4. The second-order valence-corrected chi connectivity index (χ2v) is 4.55. The summed E-state index contributed by atoms with van der Waals surface area (Å²) in [6, 6.07) is 0. The van der Waals surface area contributed by atoms with Crippen molar-refractivity contribution in [2.45, 2.75) is 24.5 Å². The molecule has 4 N–H and O–H groups in total. The summed E-state index contributed by atoms with van der Waals surface area (Å²) in [5.74, 6) is 0.236. The number of ether oxygens (including phenoxy) is 1. The van der Waals surface area contributed by atoms with Crippen LogP contribution >= 0.6 is 0 Å². The number of aliphatic hydroxyl groups is 2. The highest BCUT2D eigenvalue weighted by molar-refractivity contribution is 5.81. The summed E-state index contributed by atoms with van der Waals surface area (Å²) in [6.45, 7) is -0.356. The number of imidazole rings is 1. The summed E-state index contributed by atoms with van der Waals surface area (Å²) >= 11 is 0. The van der Waals surface area contributed by atoms with Gasteiger partial charge in [0.1, 0.15) is 24.1 Å². The molecule has 4 atom stereocenters. The third-order valence-corrected chi connectivity index (χ3v) is 3.36. The number of aromatic nitrogens is 4.